The molecule has 3 nitrogen and oxygen atoms in total. The van der Waals surface area contributed by atoms with Crippen molar-refractivity contribution in [2.24, 2.45) is 11.7 Å². The molecule has 0 aliphatic heterocycles. The molecule has 1 unspecified atom stereocenters. The van der Waals surface area contributed by atoms with Gasteiger partial charge in [-0.3, -0.25) is 4.79 Å². The van der Waals surface area contributed by atoms with E-state index in [9.17, 15) is 13.6 Å². The first-order chi connectivity index (χ1) is 8.45. The molecule has 18 heavy (non-hydrogen) atoms. The summed E-state index contributed by atoms with van der Waals surface area (Å²) in [4.78, 5) is 13.2. The number of hydrogen-bond donors (Lipinski definition) is 1. The van der Waals surface area contributed by atoms with Crippen LogP contribution in [-0.4, -0.2) is 30.9 Å². The van der Waals surface area contributed by atoms with E-state index < -0.39 is 11.6 Å². The quantitative estimate of drug-likeness (QED) is 0.869. The zero-order valence-corrected chi connectivity index (χ0v) is 10.6. The molecule has 1 aromatic rings. The first-order valence-corrected chi connectivity index (χ1v) is 5.84. The minimum absolute atomic E-state index is 0.0694. The molecule has 0 radical (unpaired) electrons. The summed E-state index contributed by atoms with van der Waals surface area (Å²) in [7, 11) is 1.65. The van der Waals surface area contributed by atoms with E-state index in [2.05, 4.69) is 0 Å². The number of amides is 1. The van der Waals surface area contributed by atoms with Gasteiger partial charge in [0.05, 0.1) is 0 Å². The molecule has 1 rings (SSSR count). The summed E-state index contributed by atoms with van der Waals surface area (Å²) < 4.78 is 26.1. The highest BCUT2D eigenvalue weighted by atomic mass is 19.1. The van der Waals surface area contributed by atoms with Gasteiger partial charge in [0.25, 0.3) is 0 Å². The third-order valence-electron chi connectivity index (χ3n) is 2.88. The fourth-order valence-electron chi connectivity index (χ4n) is 1.60. The fraction of sp³-hybridized carbons (Fsp3) is 0.462. The minimum Gasteiger partial charge on any atom is -0.345 e. The van der Waals surface area contributed by atoms with Crippen LogP contribution < -0.4 is 5.73 Å². The maximum Gasteiger partial charge on any atom is 0.226 e. The van der Waals surface area contributed by atoms with Gasteiger partial charge in [0, 0.05) is 32.1 Å². The summed E-state index contributed by atoms with van der Waals surface area (Å²) in [5.74, 6) is -1.49. The van der Waals surface area contributed by atoms with Crippen LogP contribution in [0.4, 0.5) is 8.78 Å². The third kappa shape index (κ3) is 3.77. The van der Waals surface area contributed by atoms with Gasteiger partial charge in [0.2, 0.25) is 5.91 Å². The molecule has 1 atom stereocenters. The van der Waals surface area contributed by atoms with Crippen molar-refractivity contribution in [3.63, 3.8) is 0 Å². The molecule has 0 saturated heterocycles. The number of benzene rings is 1. The van der Waals surface area contributed by atoms with Crippen molar-refractivity contribution in [2.75, 3.05) is 20.1 Å². The minimum atomic E-state index is -0.600. The Bertz CT molecular complexity index is 423. The average Bonchev–Trinajstić information content (AvgIpc) is 2.35. The van der Waals surface area contributed by atoms with E-state index in [1.165, 1.54) is 17.0 Å². The average molecular weight is 256 g/mol. The van der Waals surface area contributed by atoms with E-state index >= 15 is 0 Å². The Morgan fingerprint density at radius 3 is 2.67 bits per heavy atom. The summed E-state index contributed by atoms with van der Waals surface area (Å²) in [5.41, 5.74) is 5.81. The van der Waals surface area contributed by atoms with Crippen LogP contribution in [0.25, 0.3) is 0 Å². The number of halogens is 2. The standard InChI is InChI=1S/C13H18F2N2O/c1-9(8-16)13(18)17(2)6-5-10-3-4-11(14)7-12(10)15/h3-4,7,9H,5-6,8,16H2,1-2H3. The second-order valence-electron chi connectivity index (χ2n) is 4.38. The van der Waals surface area contributed by atoms with Gasteiger partial charge >= 0.3 is 0 Å². The number of rotatable bonds is 5. The van der Waals surface area contributed by atoms with E-state index in [4.69, 9.17) is 5.73 Å². The lowest BCUT2D eigenvalue weighted by molar-refractivity contribution is -0.133. The lowest BCUT2D eigenvalue weighted by Gasteiger charge is -2.20. The smallest absolute Gasteiger partial charge is 0.226 e. The first-order valence-electron chi connectivity index (χ1n) is 5.84. The molecule has 0 fully saturated rings. The van der Waals surface area contributed by atoms with Crippen LogP contribution in [-0.2, 0) is 11.2 Å². The summed E-state index contributed by atoms with van der Waals surface area (Å²) in [6.45, 7) is 2.41. The Balaban J connectivity index is 2.57. The van der Waals surface area contributed by atoms with Gasteiger partial charge in [-0.2, -0.15) is 0 Å². The predicted octanol–water partition coefficient (Wildman–Crippen LogP) is 1.56. The van der Waals surface area contributed by atoms with Gasteiger partial charge < -0.3 is 10.6 Å². The van der Waals surface area contributed by atoms with Crippen LogP contribution in [0.5, 0.6) is 0 Å². The molecule has 0 heterocycles. The van der Waals surface area contributed by atoms with Gasteiger partial charge in [0.15, 0.2) is 0 Å². The molecule has 0 aromatic heterocycles. The zero-order valence-electron chi connectivity index (χ0n) is 10.6. The summed E-state index contributed by atoms with van der Waals surface area (Å²) in [6, 6.07) is 3.46. The Hall–Kier alpha value is -1.49. The monoisotopic (exact) mass is 256 g/mol. The summed E-state index contributed by atoms with van der Waals surface area (Å²) in [5, 5.41) is 0. The number of hydrogen-bond acceptors (Lipinski definition) is 2. The van der Waals surface area contributed by atoms with Crippen molar-refractivity contribution in [1.29, 1.82) is 0 Å². The molecule has 0 aliphatic rings. The zero-order chi connectivity index (χ0) is 13.7. The third-order valence-corrected chi connectivity index (χ3v) is 2.88. The highest BCUT2D eigenvalue weighted by molar-refractivity contribution is 5.78. The molecule has 1 aromatic carbocycles. The predicted molar refractivity (Wildman–Crippen MR) is 65.9 cm³/mol. The van der Waals surface area contributed by atoms with Gasteiger partial charge in [-0.05, 0) is 18.1 Å². The van der Waals surface area contributed by atoms with E-state index in [0.29, 0.717) is 18.5 Å². The molecular formula is C13H18F2N2O. The maximum absolute atomic E-state index is 13.4. The number of carbonyl (C=O) groups excluding carboxylic acids is 1. The van der Waals surface area contributed by atoms with Crippen LogP contribution in [0, 0.1) is 17.6 Å². The fourth-order valence-corrected chi connectivity index (χ4v) is 1.60. The second-order valence-corrected chi connectivity index (χ2v) is 4.38. The molecular weight excluding hydrogens is 238 g/mol. The van der Waals surface area contributed by atoms with Gasteiger partial charge in [0.1, 0.15) is 11.6 Å². The van der Waals surface area contributed by atoms with Crippen LogP contribution in [0.2, 0.25) is 0 Å². The Kier molecular flexibility index (Phi) is 5.22. The lowest BCUT2D eigenvalue weighted by atomic mass is 10.1. The molecule has 0 aliphatic carbocycles. The van der Waals surface area contributed by atoms with Crippen LogP contribution >= 0.6 is 0 Å². The van der Waals surface area contributed by atoms with E-state index in [1.807, 2.05) is 0 Å². The summed E-state index contributed by atoms with van der Waals surface area (Å²) in [6.07, 6.45) is 0.353. The number of nitrogens with zero attached hydrogens (tertiary/aromatic N) is 1. The Morgan fingerprint density at radius 1 is 1.44 bits per heavy atom. The topological polar surface area (TPSA) is 46.3 Å². The van der Waals surface area contributed by atoms with Gasteiger partial charge in [-0.1, -0.05) is 13.0 Å². The molecule has 0 saturated carbocycles. The Labute approximate surface area is 106 Å². The Morgan fingerprint density at radius 2 is 2.11 bits per heavy atom. The van der Waals surface area contributed by atoms with E-state index in [-0.39, 0.29) is 18.4 Å². The number of likely N-dealkylation sites (N-methyl/N-ethyl adjacent to an activating group) is 1. The molecule has 1 amide bonds. The van der Waals surface area contributed by atoms with Crippen LogP contribution in [0.15, 0.2) is 18.2 Å². The molecule has 2 N–H and O–H groups in total. The molecule has 0 bridgehead atoms. The van der Waals surface area contributed by atoms with E-state index in [1.54, 1.807) is 14.0 Å². The highest BCUT2D eigenvalue weighted by Crippen LogP contribution is 2.11. The van der Waals surface area contributed by atoms with Crippen LogP contribution in [0.1, 0.15) is 12.5 Å². The van der Waals surface area contributed by atoms with Crippen molar-refractivity contribution in [3.8, 4) is 0 Å². The maximum atomic E-state index is 13.4. The normalized spacial score (nSPS) is 12.3. The lowest BCUT2D eigenvalue weighted by Crippen LogP contribution is -2.36. The molecule has 5 heteroatoms. The van der Waals surface area contributed by atoms with Crippen molar-refractivity contribution < 1.29 is 13.6 Å². The van der Waals surface area contributed by atoms with Gasteiger partial charge in [-0.15, -0.1) is 0 Å². The van der Waals surface area contributed by atoms with Crippen molar-refractivity contribution in [1.82, 2.24) is 4.90 Å². The molecule has 0 spiro atoms. The number of carbonyl (C=O) groups is 1. The second kappa shape index (κ2) is 6.44. The number of nitrogens with two attached hydrogens (primary N) is 1. The van der Waals surface area contributed by atoms with E-state index in [0.717, 1.165) is 6.07 Å². The highest BCUT2D eigenvalue weighted by Gasteiger charge is 2.16. The molecule has 100 valence electrons. The summed E-state index contributed by atoms with van der Waals surface area (Å²) >= 11 is 0. The van der Waals surface area contributed by atoms with Crippen molar-refractivity contribution >= 4 is 5.91 Å². The largest absolute Gasteiger partial charge is 0.345 e. The SMILES string of the molecule is CC(CN)C(=O)N(C)CCc1ccc(F)cc1F. The van der Waals surface area contributed by atoms with Crippen LogP contribution in [0.3, 0.4) is 0 Å². The van der Waals surface area contributed by atoms with Crippen molar-refractivity contribution in [2.45, 2.75) is 13.3 Å². The van der Waals surface area contributed by atoms with Gasteiger partial charge in [-0.25, -0.2) is 8.78 Å². The first kappa shape index (κ1) is 14.6. The van der Waals surface area contributed by atoms with Crippen molar-refractivity contribution in [3.05, 3.63) is 35.4 Å².